The Kier molecular flexibility index (Phi) is 5.08. The van der Waals surface area contributed by atoms with Crippen LogP contribution < -0.4 is 0 Å². The van der Waals surface area contributed by atoms with Gasteiger partial charge in [-0.25, -0.2) is 0 Å². The van der Waals surface area contributed by atoms with Crippen LogP contribution in [0.25, 0.3) is 0 Å². The molecule has 0 aliphatic carbocycles. The summed E-state index contributed by atoms with van der Waals surface area (Å²) in [7, 11) is 0. The molecule has 0 bridgehead atoms. The van der Waals surface area contributed by atoms with E-state index < -0.39 is 5.97 Å². The number of carbonyl (C=O) groups excluding carboxylic acids is 1. The van der Waals surface area contributed by atoms with Crippen LogP contribution in [0.2, 0.25) is 0 Å². The van der Waals surface area contributed by atoms with Crippen LogP contribution in [0.3, 0.4) is 0 Å². The van der Waals surface area contributed by atoms with Gasteiger partial charge in [0.15, 0.2) is 0 Å². The molecule has 1 unspecified atom stereocenters. The third kappa shape index (κ3) is 5.70. The molecule has 0 fully saturated rings. The normalized spacial score (nSPS) is 12.2. The summed E-state index contributed by atoms with van der Waals surface area (Å²) in [5.74, 6) is -1.15. The Bertz CT molecular complexity index is 164. The maximum atomic E-state index is 10.7. The number of aliphatic carboxylic acids is 1. The summed E-state index contributed by atoms with van der Waals surface area (Å²) in [5, 5.41) is 8.31. The van der Waals surface area contributed by atoms with Crippen LogP contribution in [0.1, 0.15) is 33.1 Å². The van der Waals surface area contributed by atoms with Gasteiger partial charge in [-0.3, -0.25) is 9.59 Å². The molecular weight excluding hydrogens is 160 g/mol. The van der Waals surface area contributed by atoms with Crippen molar-refractivity contribution < 1.29 is 19.4 Å². The quantitative estimate of drug-likeness (QED) is 0.636. The Labute approximate surface area is 71.5 Å². The van der Waals surface area contributed by atoms with Gasteiger partial charge in [-0.05, 0) is 13.3 Å². The first-order valence-corrected chi connectivity index (χ1v) is 3.97. The highest BCUT2D eigenvalue weighted by Gasteiger charge is 2.08. The molecular formula is C8H14O4. The van der Waals surface area contributed by atoms with Crippen LogP contribution >= 0.6 is 0 Å². The highest BCUT2D eigenvalue weighted by molar-refractivity contribution is 5.69. The van der Waals surface area contributed by atoms with Crippen molar-refractivity contribution in [2.75, 3.05) is 0 Å². The van der Waals surface area contributed by atoms with Gasteiger partial charge >= 0.3 is 11.9 Å². The third-order valence-corrected chi connectivity index (χ3v) is 1.39. The predicted octanol–water partition coefficient (Wildman–Crippen LogP) is 1.19. The fourth-order valence-corrected chi connectivity index (χ4v) is 0.693. The molecule has 4 heteroatoms. The van der Waals surface area contributed by atoms with Gasteiger partial charge in [-0.2, -0.15) is 0 Å². The molecule has 0 rings (SSSR count). The standard InChI is InChI=1S/C8H14O4/c1-3-8(11)12-6(2)4-5-7(9)10/h6H,3-5H2,1-2H3,(H,9,10). The number of carboxylic acids is 1. The van der Waals surface area contributed by atoms with Gasteiger partial charge < -0.3 is 9.84 Å². The lowest BCUT2D eigenvalue weighted by atomic mass is 10.2. The van der Waals surface area contributed by atoms with E-state index in [1.807, 2.05) is 0 Å². The van der Waals surface area contributed by atoms with Gasteiger partial charge in [0.1, 0.15) is 0 Å². The Hall–Kier alpha value is -1.06. The lowest BCUT2D eigenvalue weighted by Crippen LogP contribution is -2.15. The zero-order chi connectivity index (χ0) is 9.56. The SMILES string of the molecule is CCC(=O)OC(C)CCC(=O)O. The van der Waals surface area contributed by atoms with E-state index in [1.54, 1.807) is 13.8 Å². The summed E-state index contributed by atoms with van der Waals surface area (Å²) in [5.41, 5.74) is 0. The first kappa shape index (κ1) is 10.9. The number of rotatable bonds is 5. The van der Waals surface area contributed by atoms with Gasteiger partial charge in [0.2, 0.25) is 0 Å². The summed E-state index contributed by atoms with van der Waals surface area (Å²) in [4.78, 5) is 20.8. The minimum Gasteiger partial charge on any atom is -0.481 e. The molecule has 0 aliphatic heterocycles. The summed E-state index contributed by atoms with van der Waals surface area (Å²) >= 11 is 0. The molecule has 0 aromatic heterocycles. The minimum absolute atomic E-state index is 0.0398. The van der Waals surface area contributed by atoms with Crippen LogP contribution in [-0.4, -0.2) is 23.1 Å². The number of esters is 1. The van der Waals surface area contributed by atoms with Crippen molar-refractivity contribution in [2.45, 2.75) is 39.2 Å². The van der Waals surface area contributed by atoms with Crippen LogP contribution in [0.15, 0.2) is 0 Å². The molecule has 0 saturated carbocycles. The average Bonchev–Trinajstić information content (AvgIpc) is 2.00. The van der Waals surface area contributed by atoms with E-state index in [4.69, 9.17) is 9.84 Å². The summed E-state index contributed by atoms with van der Waals surface area (Å²) in [6.45, 7) is 3.39. The van der Waals surface area contributed by atoms with Crippen molar-refractivity contribution in [3.63, 3.8) is 0 Å². The molecule has 1 N–H and O–H groups in total. The fourth-order valence-electron chi connectivity index (χ4n) is 0.693. The van der Waals surface area contributed by atoms with Crippen molar-refractivity contribution in [2.24, 2.45) is 0 Å². The van der Waals surface area contributed by atoms with E-state index in [0.717, 1.165) is 0 Å². The monoisotopic (exact) mass is 174 g/mol. The van der Waals surface area contributed by atoms with Crippen LogP contribution in [0, 0.1) is 0 Å². The smallest absolute Gasteiger partial charge is 0.305 e. The van der Waals surface area contributed by atoms with E-state index in [9.17, 15) is 9.59 Å². The van der Waals surface area contributed by atoms with Gasteiger partial charge in [0.25, 0.3) is 0 Å². The van der Waals surface area contributed by atoms with Crippen LogP contribution in [-0.2, 0) is 14.3 Å². The van der Waals surface area contributed by atoms with Gasteiger partial charge in [0, 0.05) is 12.8 Å². The van der Waals surface area contributed by atoms with E-state index in [-0.39, 0.29) is 18.5 Å². The van der Waals surface area contributed by atoms with E-state index in [1.165, 1.54) is 0 Å². The largest absolute Gasteiger partial charge is 0.481 e. The van der Waals surface area contributed by atoms with Crippen LogP contribution in [0.4, 0.5) is 0 Å². The number of carboxylic acid groups (broad SMARTS) is 1. The Morgan fingerprint density at radius 2 is 2.08 bits per heavy atom. The van der Waals surface area contributed by atoms with Crippen molar-refractivity contribution in [3.05, 3.63) is 0 Å². The van der Waals surface area contributed by atoms with Crippen LogP contribution in [0.5, 0.6) is 0 Å². The second kappa shape index (κ2) is 5.57. The molecule has 0 aromatic rings. The molecule has 0 spiro atoms. The Morgan fingerprint density at radius 3 is 2.50 bits per heavy atom. The second-order valence-corrected chi connectivity index (χ2v) is 2.59. The zero-order valence-corrected chi connectivity index (χ0v) is 7.37. The first-order valence-electron chi connectivity index (χ1n) is 3.97. The molecule has 0 aliphatic rings. The number of hydrogen-bond donors (Lipinski definition) is 1. The Balaban J connectivity index is 3.52. The van der Waals surface area contributed by atoms with E-state index in [0.29, 0.717) is 12.8 Å². The van der Waals surface area contributed by atoms with Crippen molar-refractivity contribution in [1.29, 1.82) is 0 Å². The highest BCUT2D eigenvalue weighted by Crippen LogP contribution is 2.02. The van der Waals surface area contributed by atoms with E-state index in [2.05, 4.69) is 0 Å². The van der Waals surface area contributed by atoms with E-state index >= 15 is 0 Å². The number of ether oxygens (including phenoxy) is 1. The lowest BCUT2D eigenvalue weighted by Gasteiger charge is -2.10. The second-order valence-electron chi connectivity index (χ2n) is 2.59. The topological polar surface area (TPSA) is 63.6 Å². The van der Waals surface area contributed by atoms with Gasteiger partial charge in [-0.1, -0.05) is 6.92 Å². The van der Waals surface area contributed by atoms with Crippen molar-refractivity contribution >= 4 is 11.9 Å². The maximum absolute atomic E-state index is 10.7. The fraction of sp³-hybridized carbons (Fsp3) is 0.750. The molecule has 0 aromatic carbocycles. The molecule has 70 valence electrons. The molecule has 0 heterocycles. The zero-order valence-electron chi connectivity index (χ0n) is 7.37. The minimum atomic E-state index is -0.866. The van der Waals surface area contributed by atoms with Gasteiger partial charge in [0.05, 0.1) is 6.10 Å². The molecule has 1 atom stereocenters. The van der Waals surface area contributed by atoms with Crippen molar-refractivity contribution in [3.8, 4) is 0 Å². The summed E-state index contributed by atoms with van der Waals surface area (Å²) in [6, 6.07) is 0. The maximum Gasteiger partial charge on any atom is 0.305 e. The number of hydrogen-bond acceptors (Lipinski definition) is 3. The Morgan fingerprint density at radius 1 is 1.50 bits per heavy atom. The van der Waals surface area contributed by atoms with Gasteiger partial charge in [-0.15, -0.1) is 0 Å². The molecule has 4 nitrogen and oxygen atoms in total. The predicted molar refractivity (Wildman–Crippen MR) is 42.7 cm³/mol. The third-order valence-electron chi connectivity index (χ3n) is 1.39. The number of carbonyl (C=O) groups is 2. The average molecular weight is 174 g/mol. The molecule has 12 heavy (non-hydrogen) atoms. The lowest BCUT2D eigenvalue weighted by molar-refractivity contribution is -0.149. The molecule has 0 radical (unpaired) electrons. The van der Waals surface area contributed by atoms with Crippen molar-refractivity contribution in [1.82, 2.24) is 0 Å². The summed E-state index contributed by atoms with van der Waals surface area (Å²) < 4.78 is 4.85. The highest BCUT2D eigenvalue weighted by atomic mass is 16.5. The first-order chi connectivity index (χ1) is 5.56. The molecule has 0 saturated heterocycles. The summed E-state index contributed by atoms with van der Waals surface area (Å²) in [6.07, 6.45) is 0.449. The molecule has 0 amide bonds.